The first-order valence-electron chi connectivity index (χ1n) is 4.16. The number of carboxylic acids is 1. The SMILES string of the molecule is CC#CCNCc1ccc(C(=O)O)s1. The monoisotopic (exact) mass is 209 g/mol. The third kappa shape index (κ3) is 3.21. The normalized spacial score (nSPS) is 9.21. The third-order valence-corrected chi connectivity index (χ3v) is 2.64. The molecule has 4 heteroatoms. The quantitative estimate of drug-likeness (QED) is 0.584. The van der Waals surface area contributed by atoms with Crippen molar-refractivity contribution in [2.75, 3.05) is 6.54 Å². The van der Waals surface area contributed by atoms with Gasteiger partial charge in [0.15, 0.2) is 0 Å². The van der Waals surface area contributed by atoms with E-state index in [2.05, 4.69) is 17.2 Å². The minimum Gasteiger partial charge on any atom is -0.477 e. The van der Waals surface area contributed by atoms with Gasteiger partial charge in [-0.15, -0.1) is 17.3 Å². The maximum atomic E-state index is 10.6. The summed E-state index contributed by atoms with van der Waals surface area (Å²) in [5, 5.41) is 11.8. The van der Waals surface area contributed by atoms with Crippen LogP contribution in [0, 0.1) is 11.8 Å². The molecule has 0 unspecified atom stereocenters. The Morgan fingerprint density at radius 3 is 3.00 bits per heavy atom. The second-order valence-corrected chi connectivity index (χ2v) is 3.77. The Labute approximate surface area is 86.8 Å². The fourth-order valence-electron chi connectivity index (χ4n) is 0.924. The van der Waals surface area contributed by atoms with Crippen LogP contribution < -0.4 is 5.32 Å². The van der Waals surface area contributed by atoms with Gasteiger partial charge < -0.3 is 10.4 Å². The summed E-state index contributed by atoms with van der Waals surface area (Å²) in [5.74, 6) is 4.78. The molecule has 0 aliphatic carbocycles. The molecule has 0 spiro atoms. The van der Waals surface area contributed by atoms with Crippen molar-refractivity contribution in [3.8, 4) is 11.8 Å². The average molecular weight is 209 g/mol. The number of nitrogens with one attached hydrogen (secondary N) is 1. The molecule has 1 aromatic rings. The molecule has 0 saturated carbocycles. The van der Waals surface area contributed by atoms with E-state index in [9.17, 15) is 4.79 Å². The van der Waals surface area contributed by atoms with E-state index in [-0.39, 0.29) is 0 Å². The van der Waals surface area contributed by atoms with E-state index in [1.165, 1.54) is 11.3 Å². The highest BCUT2D eigenvalue weighted by atomic mass is 32.1. The van der Waals surface area contributed by atoms with Crippen LogP contribution in [0.3, 0.4) is 0 Å². The van der Waals surface area contributed by atoms with Crippen molar-refractivity contribution < 1.29 is 9.90 Å². The first-order valence-corrected chi connectivity index (χ1v) is 4.98. The predicted octanol–water partition coefficient (Wildman–Crippen LogP) is 1.56. The number of rotatable bonds is 4. The number of aromatic carboxylic acids is 1. The molecule has 0 aromatic carbocycles. The van der Waals surface area contributed by atoms with Gasteiger partial charge in [-0.3, -0.25) is 0 Å². The highest BCUT2D eigenvalue weighted by molar-refractivity contribution is 7.13. The summed E-state index contributed by atoms with van der Waals surface area (Å²) in [5.41, 5.74) is 0. The third-order valence-electron chi connectivity index (χ3n) is 1.56. The second-order valence-electron chi connectivity index (χ2n) is 2.60. The van der Waals surface area contributed by atoms with Gasteiger partial charge in [-0.1, -0.05) is 5.92 Å². The van der Waals surface area contributed by atoms with E-state index >= 15 is 0 Å². The zero-order valence-corrected chi connectivity index (χ0v) is 8.65. The van der Waals surface area contributed by atoms with Gasteiger partial charge in [0.05, 0.1) is 6.54 Å². The number of carboxylic acid groups (broad SMARTS) is 1. The molecule has 2 N–H and O–H groups in total. The summed E-state index contributed by atoms with van der Waals surface area (Å²) in [6.07, 6.45) is 0. The minimum atomic E-state index is -0.866. The smallest absolute Gasteiger partial charge is 0.345 e. The Balaban J connectivity index is 2.42. The van der Waals surface area contributed by atoms with Gasteiger partial charge in [-0.25, -0.2) is 4.79 Å². The van der Waals surface area contributed by atoms with Gasteiger partial charge in [-0.05, 0) is 19.1 Å². The highest BCUT2D eigenvalue weighted by Crippen LogP contribution is 2.15. The van der Waals surface area contributed by atoms with Crippen molar-refractivity contribution >= 4 is 17.3 Å². The molecule has 0 radical (unpaired) electrons. The van der Waals surface area contributed by atoms with Gasteiger partial charge in [0.25, 0.3) is 0 Å². The van der Waals surface area contributed by atoms with Gasteiger partial charge >= 0.3 is 5.97 Å². The van der Waals surface area contributed by atoms with Crippen LogP contribution >= 0.6 is 11.3 Å². The van der Waals surface area contributed by atoms with Crippen LogP contribution in [-0.2, 0) is 6.54 Å². The summed E-state index contributed by atoms with van der Waals surface area (Å²) >= 11 is 1.29. The first-order chi connectivity index (χ1) is 6.74. The molecular formula is C10H11NO2S. The van der Waals surface area contributed by atoms with Crippen molar-refractivity contribution in [2.24, 2.45) is 0 Å². The molecule has 14 heavy (non-hydrogen) atoms. The molecule has 1 heterocycles. The Bertz CT molecular complexity index is 373. The largest absolute Gasteiger partial charge is 0.477 e. The van der Waals surface area contributed by atoms with Crippen LogP contribution in [0.5, 0.6) is 0 Å². The molecule has 0 fully saturated rings. The lowest BCUT2D eigenvalue weighted by Gasteiger charge is -1.95. The van der Waals surface area contributed by atoms with Crippen LogP contribution in [-0.4, -0.2) is 17.6 Å². The van der Waals surface area contributed by atoms with E-state index in [1.54, 1.807) is 13.0 Å². The van der Waals surface area contributed by atoms with E-state index in [0.29, 0.717) is 18.0 Å². The van der Waals surface area contributed by atoms with Crippen molar-refractivity contribution in [3.05, 3.63) is 21.9 Å². The predicted molar refractivity (Wildman–Crippen MR) is 56.4 cm³/mol. The number of hydrogen-bond donors (Lipinski definition) is 2. The van der Waals surface area contributed by atoms with Crippen molar-refractivity contribution in [1.82, 2.24) is 5.32 Å². The molecule has 0 atom stereocenters. The minimum absolute atomic E-state index is 0.378. The van der Waals surface area contributed by atoms with Gasteiger partial charge in [-0.2, -0.15) is 0 Å². The lowest BCUT2D eigenvalue weighted by atomic mass is 10.4. The zero-order valence-electron chi connectivity index (χ0n) is 7.83. The molecule has 0 amide bonds. The van der Waals surface area contributed by atoms with Gasteiger partial charge in [0.1, 0.15) is 4.88 Å². The second kappa shape index (κ2) is 5.43. The molecular weight excluding hydrogens is 198 g/mol. The molecule has 3 nitrogen and oxygen atoms in total. The molecule has 0 saturated heterocycles. The van der Waals surface area contributed by atoms with E-state index in [1.807, 2.05) is 6.07 Å². The molecule has 1 rings (SSSR count). The standard InChI is InChI=1S/C10H11NO2S/c1-2-3-6-11-7-8-4-5-9(14-8)10(12)13/h4-5,11H,6-7H2,1H3,(H,12,13). The number of thiophene rings is 1. The Morgan fingerprint density at radius 1 is 1.64 bits per heavy atom. The van der Waals surface area contributed by atoms with Crippen LogP contribution in [0.25, 0.3) is 0 Å². The topological polar surface area (TPSA) is 49.3 Å². The molecule has 0 bridgehead atoms. The Hall–Kier alpha value is -1.31. The van der Waals surface area contributed by atoms with Crippen molar-refractivity contribution in [2.45, 2.75) is 13.5 Å². The fraction of sp³-hybridized carbons (Fsp3) is 0.300. The van der Waals surface area contributed by atoms with Crippen molar-refractivity contribution in [3.63, 3.8) is 0 Å². The number of carbonyl (C=O) groups is 1. The van der Waals surface area contributed by atoms with Crippen LogP contribution in [0.15, 0.2) is 12.1 Å². The van der Waals surface area contributed by atoms with Gasteiger partial charge in [0, 0.05) is 11.4 Å². The van der Waals surface area contributed by atoms with E-state index in [4.69, 9.17) is 5.11 Å². The maximum absolute atomic E-state index is 10.6. The lowest BCUT2D eigenvalue weighted by Crippen LogP contribution is -2.11. The highest BCUT2D eigenvalue weighted by Gasteiger charge is 2.05. The summed E-state index contributed by atoms with van der Waals surface area (Å²) in [7, 11) is 0. The summed E-state index contributed by atoms with van der Waals surface area (Å²) in [6, 6.07) is 3.44. The average Bonchev–Trinajstić information content (AvgIpc) is 2.61. The van der Waals surface area contributed by atoms with Crippen LogP contribution in [0.4, 0.5) is 0 Å². The van der Waals surface area contributed by atoms with Gasteiger partial charge in [0.2, 0.25) is 0 Å². The summed E-state index contributed by atoms with van der Waals surface area (Å²) in [4.78, 5) is 12.0. The Morgan fingerprint density at radius 2 is 2.43 bits per heavy atom. The summed E-state index contributed by atoms with van der Waals surface area (Å²) < 4.78 is 0. The number of hydrogen-bond acceptors (Lipinski definition) is 3. The van der Waals surface area contributed by atoms with Crippen molar-refractivity contribution in [1.29, 1.82) is 0 Å². The van der Waals surface area contributed by atoms with Crippen LogP contribution in [0.2, 0.25) is 0 Å². The zero-order chi connectivity index (χ0) is 10.4. The van der Waals surface area contributed by atoms with Crippen LogP contribution in [0.1, 0.15) is 21.5 Å². The Kier molecular flexibility index (Phi) is 4.17. The van der Waals surface area contributed by atoms with E-state index in [0.717, 1.165) is 4.88 Å². The molecule has 1 aromatic heterocycles. The molecule has 74 valence electrons. The molecule has 0 aliphatic heterocycles. The summed E-state index contributed by atoms with van der Waals surface area (Å²) in [6.45, 7) is 3.10. The lowest BCUT2D eigenvalue weighted by molar-refractivity contribution is 0.0702. The first kappa shape index (κ1) is 10.8. The maximum Gasteiger partial charge on any atom is 0.345 e. The molecule has 0 aliphatic rings. The fourth-order valence-corrected chi connectivity index (χ4v) is 1.74. The van der Waals surface area contributed by atoms with E-state index < -0.39 is 5.97 Å².